The zero-order valence-corrected chi connectivity index (χ0v) is 20.4. The number of nitrogens with zero attached hydrogens (tertiary/aromatic N) is 1. The minimum Gasteiger partial charge on any atom is -0.465 e. The fourth-order valence-electron chi connectivity index (χ4n) is 4.15. The maximum absolute atomic E-state index is 12.8. The van der Waals surface area contributed by atoms with Crippen LogP contribution in [0.2, 0.25) is 0 Å². The number of anilines is 1. The Hall–Kier alpha value is -3.23. The van der Waals surface area contributed by atoms with E-state index in [0.29, 0.717) is 23.2 Å². The van der Waals surface area contributed by atoms with E-state index in [9.17, 15) is 14.4 Å². The maximum atomic E-state index is 12.8. The van der Waals surface area contributed by atoms with E-state index < -0.39 is 11.9 Å². The quantitative estimate of drug-likeness (QED) is 0.444. The number of carbonyl (C=O) groups is 3. The number of fused-ring (bicyclic) bond motifs is 1. The third-order valence-electron chi connectivity index (χ3n) is 6.10. The van der Waals surface area contributed by atoms with E-state index in [2.05, 4.69) is 40.5 Å². The summed E-state index contributed by atoms with van der Waals surface area (Å²) in [4.78, 5) is 39.9. The molecule has 1 heterocycles. The van der Waals surface area contributed by atoms with Crippen LogP contribution in [0.1, 0.15) is 50.4 Å². The molecule has 3 aromatic rings. The molecule has 1 saturated carbocycles. The van der Waals surface area contributed by atoms with E-state index in [0.717, 1.165) is 30.7 Å². The largest absolute Gasteiger partial charge is 0.465 e. The third kappa shape index (κ3) is 5.13. The van der Waals surface area contributed by atoms with Crippen LogP contribution >= 0.6 is 11.3 Å². The molecule has 0 aliphatic heterocycles. The van der Waals surface area contributed by atoms with Crippen LogP contribution in [0, 0.1) is 6.92 Å². The molecule has 2 aromatic carbocycles. The normalized spacial score (nSPS) is 13.2. The number of nitrogens with one attached hydrogen (secondary N) is 1. The highest BCUT2D eigenvalue weighted by Crippen LogP contribution is 2.35. The summed E-state index contributed by atoms with van der Waals surface area (Å²) in [5.41, 5.74) is 1.88. The van der Waals surface area contributed by atoms with Crippen LogP contribution in [-0.2, 0) is 20.8 Å². The van der Waals surface area contributed by atoms with Gasteiger partial charge in [-0.2, -0.15) is 0 Å². The van der Waals surface area contributed by atoms with Crippen molar-refractivity contribution in [2.75, 3.05) is 26.1 Å². The summed E-state index contributed by atoms with van der Waals surface area (Å²) in [6, 6.07) is 15.1. The minimum atomic E-state index is -0.602. The molecule has 7 nitrogen and oxygen atoms in total. The molecular formula is C26H28N2O5S. The summed E-state index contributed by atoms with van der Waals surface area (Å²) >= 11 is 1.03. The fraction of sp³-hybridized carbons (Fsp3) is 0.346. The molecule has 34 heavy (non-hydrogen) atoms. The number of thiophene rings is 1. The lowest BCUT2D eigenvalue weighted by atomic mass is 10.0. The first-order chi connectivity index (χ1) is 16.4. The molecule has 1 aliphatic carbocycles. The predicted octanol–water partition coefficient (Wildman–Crippen LogP) is 4.78. The van der Waals surface area contributed by atoms with Gasteiger partial charge in [0.05, 0.1) is 19.8 Å². The van der Waals surface area contributed by atoms with Crippen molar-refractivity contribution in [2.24, 2.45) is 0 Å². The average molecular weight is 481 g/mol. The number of methoxy groups -OCH3 is 2. The van der Waals surface area contributed by atoms with Crippen molar-refractivity contribution < 1.29 is 23.9 Å². The van der Waals surface area contributed by atoms with Gasteiger partial charge in [0.1, 0.15) is 9.88 Å². The molecule has 0 spiro atoms. The summed E-state index contributed by atoms with van der Waals surface area (Å²) in [5, 5.41) is 5.56. The van der Waals surface area contributed by atoms with Gasteiger partial charge in [0.25, 0.3) is 0 Å². The predicted molar refractivity (Wildman–Crippen MR) is 132 cm³/mol. The lowest BCUT2D eigenvalue weighted by molar-refractivity contribution is -0.116. The van der Waals surface area contributed by atoms with E-state index in [-0.39, 0.29) is 22.8 Å². The Balaban J connectivity index is 1.46. The van der Waals surface area contributed by atoms with Gasteiger partial charge in [0.2, 0.25) is 5.91 Å². The highest BCUT2D eigenvalue weighted by atomic mass is 32.1. The van der Waals surface area contributed by atoms with Gasteiger partial charge in [-0.15, -0.1) is 11.3 Å². The number of amides is 1. The zero-order chi connectivity index (χ0) is 24.2. The highest BCUT2D eigenvalue weighted by Gasteiger charge is 2.30. The van der Waals surface area contributed by atoms with E-state index in [1.807, 2.05) is 12.1 Å². The lowest BCUT2D eigenvalue weighted by Crippen LogP contribution is -2.29. The first-order valence-electron chi connectivity index (χ1n) is 11.2. The number of carbonyl (C=O) groups excluding carboxylic acids is 3. The Morgan fingerprint density at radius 2 is 1.74 bits per heavy atom. The van der Waals surface area contributed by atoms with Gasteiger partial charge in [-0.1, -0.05) is 42.5 Å². The number of hydrogen-bond donors (Lipinski definition) is 1. The van der Waals surface area contributed by atoms with Gasteiger partial charge in [-0.05, 0) is 41.7 Å². The number of ether oxygens (including phenoxy) is 2. The van der Waals surface area contributed by atoms with Crippen molar-refractivity contribution in [3.05, 3.63) is 64.0 Å². The van der Waals surface area contributed by atoms with E-state index in [1.54, 1.807) is 6.92 Å². The molecular weight excluding hydrogens is 452 g/mol. The van der Waals surface area contributed by atoms with Gasteiger partial charge in [-0.25, -0.2) is 9.59 Å². The monoisotopic (exact) mass is 480 g/mol. The summed E-state index contributed by atoms with van der Waals surface area (Å²) in [6.45, 7) is 3.02. The van der Waals surface area contributed by atoms with Crippen molar-refractivity contribution in [2.45, 2.75) is 38.8 Å². The average Bonchev–Trinajstić information content (AvgIpc) is 3.64. The summed E-state index contributed by atoms with van der Waals surface area (Å²) < 4.78 is 9.66. The van der Waals surface area contributed by atoms with Crippen molar-refractivity contribution >= 4 is 45.0 Å². The van der Waals surface area contributed by atoms with Crippen LogP contribution in [0.15, 0.2) is 42.5 Å². The van der Waals surface area contributed by atoms with Gasteiger partial charge in [-0.3, -0.25) is 9.69 Å². The topological polar surface area (TPSA) is 84.9 Å². The Kier molecular flexibility index (Phi) is 7.29. The molecule has 1 aliphatic rings. The van der Waals surface area contributed by atoms with Crippen LogP contribution in [0.25, 0.3) is 10.8 Å². The summed E-state index contributed by atoms with van der Waals surface area (Å²) in [5.74, 6) is -1.37. The summed E-state index contributed by atoms with van der Waals surface area (Å²) in [6.07, 6.45) is 2.53. The van der Waals surface area contributed by atoms with Crippen molar-refractivity contribution in [3.63, 3.8) is 0 Å². The van der Waals surface area contributed by atoms with Crippen LogP contribution in [0.5, 0.6) is 0 Å². The van der Waals surface area contributed by atoms with Gasteiger partial charge in [0, 0.05) is 25.6 Å². The zero-order valence-electron chi connectivity index (χ0n) is 19.6. The molecule has 1 N–H and O–H groups in total. The second kappa shape index (κ2) is 10.4. The molecule has 1 fully saturated rings. The number of hydrogen-bond acceptors (Lipinski definition) is 7. The summed E-state index contributed by atoms with van der Waals surface area (Å²) in [7, 11) is 2.55. The molecule has 0 radical (unpaired) electrons. The van der Waals surface area contributed by atoms with E-state index in [1.165, 1.54) is 30.6 Å². The first-order valence-corrected chi connectivity index (χ1v) is 12.0. The SMILES string of the molecule is COC(=O)c1sc(NC(=O)CCN(Cc2cccc3ccccc23)C2CC2)c(C(=O)OC)c1C. The molecule has 1 amide bonds. The van der Waals surface area contributed by atoms with Crippen molar-refractivity contribution in [3.8, 4) is 0 Å². The molecule has 178 valence electrons. The number of benzene rings is 2. The molecule has 0 unspecified atom stereocenters. The van der Waals surface area contributed by atoms with Gasteiger partial charge in [0.15, 0.2) is 0 Å². The van der Waals surface area contributed by atoms with Gasteiger partial charge < -0.3 is 14.8 Å². The Labute approximate surface area is 202 Å². The van der Waals surface area contributed by atoms with E-state index in [4.69, 9.17) is 9.47 Å². The minimum absolute atomic E-state index is 0.191. The van der Waals surface area contributed by atoms with E-state index >= 15 is 0 Å². The molecule has 1 aromatic heterocycles. The van der Waals surface area contributed by atoms with Crippen molar-refractivity contribution in [1.29, 1.82) is 0 Å². The molecule has 0 bridgehead atoms. The Morgan fingerprint density at radius 3 is 2.44 bits per heavy atom. The Bertz CT molecular complexity index is 1230. The molecule has 0 atom stereocenters. The number of rotatable bonds is 9. The molecule has 4 rings (SSSR count). The van der Waals surface area contributed by atoms with Gasteiger partial charge >= 0.3 is 11.9 Å². The molecule has 8 heteroatoms. The van der Waals surface area contributed by atoms with Crippen LogP contribution in [0.4, 0.5) is 5.00 Å². The van der Waals surface area contributed by atoms with Crippen LogP contribution < -0.4 is 5.32 Å². The standard InChI is InChI=1S/C26H28N2O5S/c1-16-22(25(30)32-2)24(34-23(16)26(31)33-3)27-21(29)13-14-28(19-11-12-19)15-18-9-6-8-17-7-4-5-10-20(17)18/h4-10,19H,11-15H2,1-3H3,(H,27,29). The highest BCUT2D eigenvalue weighted by molar-refractivity contribution is 7.18. The second-order valence-electron chi connectivity index (χ2n) is 8.38. The smallest absolute Gasteiger partial charge is 0.348 e. The Morgan fingerprint density at radius 1 is 1.03 bits per heavy atom. The molecule has 0 saturated heterocycles. The third-order valence-corrected chi connectivity index (χ3v) is 7.29. The van der Waals surface area contributed by atoms with Crippen LogP contribution in [-0.4, -0.2) is 49.6 Å². The van der Waals surface area contributed by atoms with Crippen LogP contribution in [0.3, 0.4) is 0 Å². The maximum Gasteiger partial charge on any atom is 0.348 e. The van der Waals surface area contributed by atoms with Crippen molar-refractivity contribution in [1.82, 2.24) is 4.90 Å². The first kappa shape index (κ1) is 23.9. The second-order valence-corrected chi connectivity index (χ2v) is 9.40. The lowest BCUT2D eigenvalue weighted by Gasteiger charge is -2.22. The number of esters is 2. The fourth-order valence-corrected chi connectivity index (χ4v) is 5.28.